The van der Waals surface area contributed by atoms with E-state index in [2.05, 4.69) is 5.32 Å². The molecule has 1 saturated heterocycles. The summed E-state index contributed by atoms with van der Waals surface area (Å²) < 4.78 is 4.73. The summed E-state index contributed by atoms with van der Waals surface area (Å²) in [6, 6.07) is -0.599. The fourth-order valence-electron chi connectivity index (χ4n) is 2.48. The van der Waals surface area contributed by atoms with E-state index in [4.69, 9.17) is 9.84 Å². The van der Waals surface area contributed by atoms with Gasteiger partial charge in [0, 0.05) is 6.42 Å². The first-order valence-corrected chi connectivity index (χ1v) is 5.79. The van der Waals surface area contributed by atoms with Gasteiger partial charge in [0.2, 0.25) is 5.91 Å². The van der Waals surface area contributed by atoms with Gasteiger partial charge < -0.3 is 15.2 Å². The second-order valence-electron chi connectivity index (χ2n) is 4.50. The summed E-state index contributed by atoms with van der Waals surface area (Å²) in [4.78, 5) is 34.0. The van der Waals surface area contributed by atoms with Crippen molar-refractivity contribution in [3.63, 3.8) is 0 Å². The first kappa shape index (κ1) is 11.9. The Balaban J connectivity index is 1.95. The van der Waals surface area contributed by atoms with E-state index in [1.165, 1.54) is 0 Å². The first-order chi connectivity index (χ1) is 8.09. The lowest BCUT2D eigenvalue weighted by Crippen LogP contribution is -2.43. The Kier molecular flexibility index (Phi) is 3.31. The quantitative estimate of drug-likeness (QED) is 0.674. The molecule has 0 bridgehead atoms. The van der Waals surface area contributed by atoms with Crippen molar-refractivity contribution >= 4 is 17.8 Å². The van der Waals surface area contributed by atoms with Crippen LogP contribution in [-0.4, -0.2) is 35.6 Å². The van der Waals surface area contributed by atoms with E-state index in [-0.39, 0.29) is 5.91 Å². The smallest absolute Gasteiger partial charge is 0.328 e. The molecule has 1 amide bonds. The molecule has 1 saturated carbocycles. The van der Waals surface area contributed by atoms with Crippen molar-refractivity contribution in [2.75, 3.05) is 6.61 Å². The lowest BCUT2D eigenvalue weighted by molar-refractivity contribution is -0.146. The van der Waals surface area contributed by atoms with Gasteiger partial charge in [-0.15, -0.1) is 0 Å². The van der Waals surface area contributed by atoms with Crippen LogP contribution in [0.15, 0.2) is 0 Å². The van der Waals surface area contributed by atoms with Crippen LogP contribution in [-0.2, 0) is 19.1 Å². The van der Waals surface area contributed by atoms with Crippen LogP contribution in [0.1, 0.15) is 25.7 Å². The van der Waals surface area contributed by atoms with Crippen molar-refractivity contribution in [1.82, 2.24) is 5.32 Å². The molecule has 6 heteroatoms. The molecule has 2 rings (SSSR count). The lowest BCUT2D eigenvalue weighted by Gasteiger charge is -2.17. The van der Waals surface area contributed by atoms with Gasteiger partial charge in [-0.1, -0.05) is 6.42 Å². The highest BCUT2D eigenvalue weighted by Crippen LogP contribution is 2.32. The molecule has 1 heterocycles. The molecular weight excluding hydrogens is 226 g/mol. The standard InChI is InChI=1S/C11H15NO5/c13-9(12-8-4-5-17-11(8)16)6-2-1-3-7(6)10(14)15/h6-8H,1-5H2,(H,12,13)(H,14,15). The molecule has 2 fully saturated rings. The number of hydrogen-bond acceptors (Lipinski definition) is 4. The van der Waals surface area contributed by atoms with E-state index in [0.717, 1.165) is 6.42 Å². The zero-order valence-electron chi connectivity index (χ0n) is 9.35. The summed E-state index contributed by atoms with van der Waals surface area (Å²) in [6.07, 6.45) is 2.31. The Morgan fingerprint density at radius 1 is 1.24 bits per heavy atom. The van der Waals surface area contributed by atoms with Gasteiger partial charge in [-0.05, 0) is 12.8 Å². The first-order valence-electron chi connectivity index (χ1n) is 5.79. The number of cyclic esters (lactones) is 1. The van der Waals surface area contributed by atoms with Crippen LogP contribution in [0.3, 0.4) is 0 Å². The highest BCUT2D eigenvalue weighted by atomic mass is 16.5. The van der Waals surface area contributed by atoms with Gasteiger partial charge >= 0.3 is 11.9 Å². The molecule has 3 unspecified atom stereocenters. The van der Waals surface area contributed by atoms with E-state index in [1.54, 1.807) is 0 Å². The second kappa shape index (κ2) is 4.73. The number of nitrogens with one attached hydrogen (secondary N) is 1. The number of rotatable bonds is 3. The molecule has 17 heavy (non-hydrogen) atoms. The Morgan fingerprint density at radius 3 is 2.53 bits per heavy atom. The summed E-state index contributed by atoms with van der Waals surface area (Å²) >= 11 is 0. The van der Waals surface area contributed by atoms with Gasteiger partial charge in [0.1, 0.15) is 6.04 Å². The number of ether oxygens (including phenoxy) is 1. The average molecular weight is 241 g/mol. The number of carboxylic acid groups (broad SMARTS) is 1. The van der Waals surface area contributed by atoms with E-state index in [0.29, 0.717) is 25.9 Å². The topological polar surface area (TPSA) is 92.7 Å². The van der Waals surface area contributed by atoms with E-state index < -0.39 is 29.8 Å². The van der Waals surface area contributed by atoms with Crippen LogP contribution in [0.25, 0.3) is 0 Å². The molecule has 6 nitrogen and oxygen atoms in total. The van der Waals surface area contributed by atoms with Gasteiger partial charge in [-0.25, -0.2) is 4.79 Å². The zero-order valence-corrected chi connectivity index (χ0v) is 9.35. The third kappa shape index (κ3) is 2.40. The van der Waals surface area contributed by atoms with Crippen LogP contribution in [0, 0.1) is 11.8 Å². The largest absolute Gasteiger partial charge is 0.481 e. The van der Waals surface area contributed by atoms with Crippen LogP contribution in [0.2, 0.25) is 0 Å². The van der Waals surface area contributed by atoms with Gasteiger partial charge in [-0.3, -0.25) is 9.59 Å². The Morgan fingerprint density at radius 2 is 1.94 bits per heavy atom. The summed E-state index contributed by atoms with van der Waals surface area (Å²) in [5.74, 6) is -2.83. The highest BCUT2D eigenvalue weighted by Gasteiger charge is 2.39. The number of carbonyl (C=O) groups is 3. The number of carbonyl (C=O) groups excluding carboxylic acids is 2. The lowest BCUT2D eigenvalue weighted by atomic mass is 9.95. The maximum absolute atomic E-state index is 11.9. The Labute approximate surface area is 98.3 Å². The summed E-state index contributed by atoms with van der Waals surface area (Å²) in [5.41, 5.74) is 0. The number of esters is 1. The maximum atomic E-state index is 11.9. The molecule has 1 aliphatic heterocycles. The maximum Gasteiger partial charge on any atom is 0.328 e. The molecule has 0 aromatic carbocycles. The fourth-order valence-corrected chi connectivity index (χ4v) is 2.48. The third-order valence-electron chi connectivity index (χ3n) is 3.42. The number of aliphatic carboxylic acids is 1. The van der Waals surface area contributed by atoms with Gasteiger partial charge in [0.05, 0.1) is 18.4 Å². The van der Waals surface area contributed by atoms with Gasteiger partial charge in [0.25, 0.3) is 0 Å². The van der Waals surface area contributed by atoms with Crippen molar-refractivity contribution in [2.45, 2.75) is 31.7 Å². The average Bonchev–Trinajstić information content (AvgIpc) is 2.87. The van der Waals surface area contributed by atoms with Crippen molar-refractivity contribution < 1.29 is 24.2 Å². The fraction of sp³-hybridized carbons (Fsp3) is 0.727. The normalized spacial score (nSPS) is 32.2. The molecule has 0 radical (unpaired) electrons. The van der Waals surface area contributed by atoms with Crippen LogP contribution >= 0.6 is 0 Å². The molecule has 1 aliphatic carbocycles. The molecule has 0 aromatic rings. The summed E-state index contributed by atoms with van der Waals surface area (Å²) in [6.45, 7) is 0.316. The van der Waals surface area contributed by atoms with Crippen LogP contribution in [0.4, 0.5) is 0 Å². The Bertz CT molecular complexity index is 354. The van der Waals surface area contributed by atoms with Gasteiger partial charge in [0.15, 0.2) is 0 Å². The molecule has 0 spiro atoms. The molecule has 2 N–H and O–H groups in total. The van der Waals surface area contributed by atoms with Crippen molar-refractivity contribution in [3.05, 3.63) is 0 Å². The minimum atomic E-state index is -0.934. The summed E-state index contributed by atoms with van der Waals surface area (Å²) in [7, 11) is 0. The monoisotopic (exact) mass is 241 g/mol. The SMILES string of the molecule is O=C1OCCC1NC(=O)C1CCCC1C(=O)O. The highest BCUT2D eigenvalue weighted by molar-refractivity contribution is 5.89. The van der Waals surface area contributed by atoms with Crippen LogP contribution in [0.5, 0.6) is 0 Å². The van der Waals surface area contributed by atoms with Crippen molar-refractivity contribution in [1.29, 1.82) is 0 Å². The number of carboxylic acids is 1. The van der Waals surface area contributed by atoms with E-state index in [1.807, 2.05) is 0 Å². The minimum absolute atomic E-state index is 0.316. The van der Waals surface area contributed by atoms with Crippen LogP contribution < -0.4 is 5.32 Å². The predicted octanol–water partition coefficient (Wildman–Crippen LogP) is -0.0810. The molecule has 3 atom stereocenters. The zero-order chi connectivity index (χ0) is 12.4. The van der Waals surface area contributed by atoms with Crippen molar-refractivity contribution in [3.8, 4) is 0 Å². The summed E-state index contributed by atoms with van der Waals surface area (Å²) in [5, 5.41) is 11.6. The second-order valence-corrected chi connectivity index (χ2v) is 4.50. The predicted molar refractivity (Wildman–Crippen MR) is 56.0 cm³/mol. The number of amides is 1. The van der Waals surface area contributed by atoms with E-state index in [9.17, 15) is 14.4 Å². The third-order valence-corrected chi connectivity index (χ3v) is 3.42. The van der Waals surface area contributed by atoms with Crippen molar-refractivity contribution in [2.24, 2.45) is 11.8 Å². The molecule has 94 valence electrons. The minimum Gasteiger partial charge on any atom is -0.481 e. The molecule has 0 aromatic heterocycles. The Hall–Kier alpha value is -1.59. The van der Waals surface area contributed by atoms with E-state index >= 15 is 0 Å². The number of hydrogen-bond donors (Lipinski definition) is 2. The molecular formula is C11H15NO5. The molecule has 2 aliphatic rings. The van der Waals surface area contributed by atoms with Gasteiger partial charge in [-0.2, -0.15) is 0 Å².